The highest BCUT2D eigenvalue weighted by atomic mass is 16.1. The maximum absolute atomic E-state index is 10.2. The Balaban J connectivity index is 1.79. The largest absolute Gasteiger partial charge is 0.303 e. The fraction of sp³-hybridized carbons (Fsp3) is 0.462. The predicted molar refractivity (Wildman–Crippen MR) is 57.2 cm³/mol. The first-order valence-electron chi connectivity index (χ1n) is 5.40. The Bertz CT molecular complexity index is 291. The Labute approximate surface area is 85.1 Å². The molecule has 1 aromatic carbocycles. The maximum Gasteiger partial charge on any atom is 0.119 e. The molecule has 2 rings (SSSR count). The molecule has 0 aromatic heterocycles. The summed E-state index contributed by atoms with van der Waals surface area (Å²) >= 11 is 0. The van der Waals surface area contributed by atoms with E-state index in [0.717, 1.165) is 31.0 Å². The Kier molecular flexibility index (Phi) is 2.97. The molecule has 14 heavy (non-hydrogen) atoms. The van der Waals surface area contributed by atoms with Crippen LogP contribution in [-0.4, -0.2) is 6.29 Å². The smallest absolute Gasteiger partial charge is 0.119 e. The highest BCUT2D eigenvalue weighted by molar-refractivity contribution is 5.49. The lowest BCUT2D eigenvalue weighted by Gasteiger charge is -1.98. The summed E-state index contributed by atoms with van der Waals surface area (Å²) in [6, 6.07) is 10.7. The van der Waals surface area contributed by atoms with E-state index in [1.807, 2.05) is 0 Å². The molecule has 1 fully saturated rings. The molecular weight excluding hydrogens is 172 g/mol. The quantitative estimate of drug-likeness (QED) is 0.512. The van der Waals surface area contributed by atoms with Gasteiger partial charge in [-0.05, 0) is 36.7 Å². The highest BCUT2D eigenvalue weighted by Crippen LogP contribution is 2.50. The van der Waals surface area contributed by atoms with E-state index in [1.165, 1.54) is 18.4 Å². The van der Waals surface area contributed by atoms with Gasteiger partial charge in [-0.3, -0.25) is 0 Å². The third-order valence-corrected chi connectivity index (χ3v) is 3.05. The first-order chi connectivity index (χ1) is 6.92. The van der Waals surface area contributed by atoms with Gasteiger partial charge in [0.05, 0.1) is 0 Å². The van der Waals surface area contributed by atoms with Crippen LogP contribution < -0.4 is 0 Å². The molecule has 0 amide bonds. The number of carbonyl (C=O) groups excluding carboxylic acids is 1. The molecule has 74 valence electrons. The number of hydrogen-bond acceptors (Lipinski definition) is 1. The SMILES string of the molecule is O=CCCCC1CC1c1ccccc1. The molecule has 1 aromatic rings. The molecule has 1 aliphatic carbocycles. The van der Waals surface area contributed by atoms with Gasteiger partial charge in [-0.15, -0.1) is 0 Å². The summed E-state index contributed by atoms with van der Waals surface area (Å²) in [5.74, 6) is 1.63. The summed E-state index contributed by atoms with van der Waals surface area (Å²) in [5, 5.41) is 0. The first-order valence-corrected chi connectivity index (χ1v) is 5.40. The summed E-state index contributed by atoms with van der Waals surface area (Å²) in [5.41, 5.74) is 1.48. The number of unbranched alkanes of at least 4 members (excludes halogenated alkanes) is 1. The monoisotopic (exact) mass is 188 g/mol. The Morgan fingerprint density at radius 3 is 2.79 bits per heavy atom. The molecule has 1 heteroatoms. The normalized spacial score (nSPS) is 24.6. The van der Waals surface area contributed by atoms with Crippen LogP contribution in [0.25, 0.3) is 0 Å². The van der Waals surface area contributed by atoms with Crippen molar-refractivity contribution >= 4 is 6.29 Å². The van der Waals surface area contributed by atoms with Crippen molar-refractivity contribution in [2.75, 3.05) is 0 Å². The van der Waals surface area contributed by atoms with E-state index in [2.05, 4.69) is 30.3 Å². The van der Waals surface area contributed by atoms with Gasteiger partial charge in [0.1, 0.15) is 6.29 Å². The van der Waals surface area contributed by atoms with Crippen LogP contribution in [-0.2, 0) is 4.79 Å². The first kappa shape index (κ1) is 9.45. The molecule has 0 bridgehead atoms. The van der Waals surface area contributed by atoms with Gasteiger partial charge in [0.25, 0.3) is 0 Å². The zero-order chi connectivity index (χ0) is 9.80. The van der Waals surface area contributed by atoms with Crippen molar-refractivity contribution in [3.05, 3.63) is 35.9 Å². The molecule has 0 spiro atoms. The average Bonchev–Trinajstić information content (AvgIpc) is 2.99. The summed E-state index contributed by atoms with van der Waals surface area (Å²) < 4.78 is 0. The zero-order valence-electron chi connectivity index (χ0n) is 8.36. The van der Waals surface area contributed by atoms with Gasteiger partial charge in [-0.1, -0.05) is 30.3 Å². The van der Waals surface area contributed by atoms with Crippen molar-refractivity contribution in [1.29, 1.82) is 0 Å². The molecule has 0 N–H and O–H groups in total. The topological polar surface area (TPSA) is 17.1 Å². The maximum atomic E-state index is 10.2. The van der Waals surface area contributed by atoms with Gasteiger partial charge in [-0.25, -0.2) is 0 Å². The number of carbonyl (C=O) groups is 1. The van der Waals surface area contributed by atoms with Crippen molar-refractivity contribution in [3.8, 4) is 0 Å². The van der Waals surface area contributed by atoms with Gasteiger partial charge in [-0.2, -0.15) is 0 Å². The third-order valence-electron chi connectivity index (χ3n) is 3.05. The number of rotatable bonds is 5. The standard InChI is InChI=1S/C13H16O/c14-9-5-4-8-12-10-13(12)11-6-2-1-3-7-11/h1-3,6-7,9,12-13H,4-5,8,10H2. The van der Waals surface area contributed by atoms with Crippen molar-refractivity contribution in [2.45, 2.75) is 31.6 Å². The van der Waals surface area contributed by atoms with E-state index in [9.17, 15) is 4.79 Å². The van der Waals surface area contributed by atoms with Crippen LogP contribution in [0.1, 0.15) is 37.2 Å². The average molecular weight is 188 g/mol. The predicted octanol–water partition coefficient (Wildman–Crippen LogP) is 3.16. The second kappa shape index (κ2) is 4.41. The van der Waals surface area contributed by atoms with E-state index in [4.69, 9.17) is 0 Å². The van der Waals surface area contributed by atoms with Crippen LogP contribution in [0.4, 0.5) is 0 Å². The molecule has 0 aliphatic heterocycles. The lowest BCUT2D eigenvalue weighted by molar-refractivity contribution is -0.107. The number of benzene rings is 1. The second-order valence-corrected chi connectivity index (χ2v) is 4.11. The molecule has 0 heterocycles. The molecule has 1 nitrogen and oxygen atoms in total. The number of aldehydes is 1. The minimum Gasteiger partial charge on any atom is -0.303 e. The molecule has 1 aliphatic rings. The summed E-state index contributed by atoms with van der Waals surface area (Å²) in [7, 11) is 0. The van der Waals surface area contributed by atoms with Crippen molar-refractivity contribution in [1.82, 2.24) is 0 Å². The Hall–Kier alpha value is -1.11. The minimum atomic E-state index is 0.734. The van der Waals surface area contributed by atoms with Crippen LogP contribution in [0.3, 0.4) is 0 Å². The second-order valence-electron chi connectivity index (χ2n) is 4.11. The van der Waals surface area contributed by atoms with E-state index < -0.39 is 0 Å². The molecule has 1 saturated carbocycles. The minimum absolute atomic E-state index is 0.734. The highest BCUT2D eigenvalue weighted by Gasteiger charge is 2.36. The van der Waals surface area contributed by atoms with Gasteiger partial charge in [0, 0.05) is 6.42 Å². The van der Waals surface area contributed by atoms with Gasteiger partial charge >= 0.3 is 0 Å². The molecular formula is C13H16O. The van der Waals surface area contributed by atoms with Crippen molar-refractivity contribution in [3.63, 3.8) is 0 Å². The van der Waals surface area contributed by atoms with Gasteiger partial charge < -0.3 is 4.79 Å². The number of hydrogen-bond donors (Lipinski definition) is 0. The van der Waals surface area contributed by atoms with Gasteiger partial charge in [0.2, 0.25) is 0 Å². The fourth-order valence-electron chi connectivity index (χ4n) is 2.14. The summed E-state index contributed by atoms with van der Waals surface area (Å²) in [4.78, 5) is 10.2. The molecule has 2 atom stereocenters. The summed E-state index contributed by atoms with van der Waals surface area (Å²) in [6.45, 7) is 0. The van der Waals surface area contributed by atoms with E-state index in [-0.39, 0.29) is 0 Å². The Morgan fingerprint density at radius 2 is 2.07 bits per heavy atom. The fourth-order valence-corrected chi connectivity index (χ4v) is 2.14. The van der Waals surface area contributed by atoms with Crippen LogP contribution in [0, 0.1) is 5.92 Å². The molecule has 2 unspecified atom stereocenters. The van der Waals surface area contributed by atoms with Gasteiger partial charge in [0.15, 0.2) is 0 Å². The summed E-state index contributed by atoms with van der Waals surface area (Å²) in [6.07, 6.45) is 5.37. The van der Waals surface area contributed by atoms with Crippen LogP contribution in [0.5, 0.6) is 0 Å². The lowest BCUT2D eigenvalue weighted by Crippen LogP contribution is -1.84. The molecule has 0 radical (unpaired) electrons. The Morgan fingerprint density at radius 1 is 1.29 bits per heavy atom. The van der Waals surface area contributed by atoms with Crippen molar-refractivity contribution in [2.24, 2.45) is 5.92 Å². The van der Waals surface area contributed by atoms with E-state index in [1.54, 1.807) is 0 Å². The zero-order valence-corrected chi connectivity index (χ0v) is 8.36. The van der Waals surface area contributed by atoms with E-state index >= 15 is 0 Å². The third kappa shape index (κ3) is 2.22. The molecule has 0 saturated heterocycles. The van der Waals surface area contributed by atoms with Crippen LogP contribution >= 0.6 is 0 Å². The lowest BCUT2D eigenvalue weighted by atomic mass is 10.1. The van der Waals surface area contributed by atoms with E-state index in [0.29, 0.717) is 0 Å². The van der Waals surface area contributed by atoms with Crippen molar-refractivity contribution < 1.29 is 4.79 Å². The van der Waals surface area contributed by atoms with Crippen LogP contribution in [0.2, 0.25) is 0 Å². The van der Waals surface area contributed by atoms with Crippen LogP contribution in [0.15, 0.2) is 30.3 Å².